The summed E-state index contributed by atoms with van der Waals surface area (Å²) in [6.45, 7) is 8.94. The number of rotatable bonds is 3. The van der Waals surface area contributed by atoms with Crippen molar-refractivity contribution < 1.29 is 4.79 Å². The number of carbonyl (C=O) groups is 1. The monoisotopic (exact) mass is 247 g/mol. The molecule has 0 aliphatic carbocycles. The first-order valence-electron chi connectivity index (χ1n) is 6.51. The Kier molecular flexibility index (Phi) is 3.55. The fourth-order valence-electron chi connectivity index (χ4n) is 2.28. The number of pyridine rings is 1. The van der Waals surface area contributed by atoms with Crippen LogP contribution in [0.4, 0.5) is 5.69 Å². The molecule has 0 saturated carbocycles. The molecular weight excluding hydrogens is 226 g/mol. The zero-order chi connectivity index (χ0) is 13.2. The largest absolute Gasteiger partial charge is 0.384 e. The van der Waals surface area contributed by atoms with E-state index in [1.165, 1.54) is 0 Å². The van der Waals surface area contributed by atoms with Crippen LogP contribution in [0.5, 0.6) is 0 Å². The quantitative estimate of drug-likeness (QED) is 0.892. The van der Waals surface area contributed by atoms with Gasteiger partial charge in [-0.1, -0.05) is 13.8 Å². The van der Waals surface area contributed by atoms with E-state index in [9.17, 15) is 4.79 Å². The first-order chi connectivity index (χ1) is 8.52. The highest BCUT2D eigenvalue weighted by atomic mass is 16.2. The van der Waals surface area contributed by atoms with Crippen LogP contribution in [0.2, 0.25) is 0 Å². The summed E-state index contributed by atoms with van der Waals surface area (Å²) in [5.41, 5.74) is 1.73. The third-order valence-electron chi connectivity index (χ3n) is 3.33. The second-order valence-electron chi connectivity index (χ2n) is 5.60. The Hall–Kier alpha value is -1.58. The van der Waals surface area contributed by atoms with E-state index < -0.39 is 0 Å². The molecule has 1 aliphatic rings. The summed E-state index contributed by atoms with van der Waals surface area (Å²) >= 11 is 0. The first-order valence-corrected chi connectivity index (χ1v) is 6.51. The Bertz CT molecular complexity index is 425. The molecule has 0 aromatic carbocycles. The lowest BCUT2D eigenvalue weighted by Gasteiger charge is -2.19. The van der Waals surface area contributed by atoms with Gasteiger partial charge in [-0.2, -0.15) is 0 Å². The summed E-state index contributed by atoms with van der Waals surface area (Å²) in [6, 6.07) is 3.70. The molecule has 1 fully saturated rings. The summed E-state index contributed by atoms with van der Waals surface area (Å²) in [7, 11) is 0. The lowest BCUT2D eigenvalue weighted by atomic mass is 9.93. The van der Waals surface area contributed by atoms with Gasteiger partial charge in [0.05, 0.1) is 11.9 Å². The average molecular weight is 247 g/mol. The van der Waals surface area contributed by atoms with Crippen molar-refractivity contribution in [2.75, 3.05) is 25.0 Å². The third-order valence-corrected chi connectivity index (χ3v) is 3.33. The summed E-state index contributed by atoms with van der Waals surface area (Å²) in [5.74, 6) is 0.0450. The van der Waals surface area contributed by atoms with E-state index >= 15 is 0 Å². The molecule has 1 aromatic rings. The minimum absolute atomic E-state index is 0.0450. The van der Waals surface area contributed by atoms with Gasteiger partial charge in [0, 0.05) is 19.6 Å². The van der Waals surface area contributed by atoms with Crippen molar-refractivity contribution in [3.05, 3.63) is 24.0 Å². The van der Waals surface area contributed by atoms with Gasteiger partial charge in [0.2, 0.25) is 0 Å². The zero-order valence-electron chi connectivity index (χ0n) is 11.4. The molecule has 0 unspecified atom stereocenters. The van der Waals surface area contributed by atoms with Gasteiger partial charge in [-0.05, 0) is 30.9 Å². The van der Waals surface area contributed by atoms with Gasteiger partial charge >= 0.3 is 0 Å². The van der Waals surface area contributed by atoms with Crippen LogP contribution < -0.4 is 5.32 Å². The van der Waals surface area contributed by atoms with Crippen molar-refractivity contribution in [1.82, 2.24) is 9.88 Å². The van der Waals surface area contributed by atoms with Crippen LogP contribution >= 0.6 is 0 Å². The van der Waals surface area contributed by atoms with Crippen molar-refractivity contribution in [3.63, 3.8) is 0 Å². The van der Waals surface area contributed by atoms with E-state index in [2.05, 4.69) is 24.1 Å². The number of nitrogens with one attached hydrogen (secondary N) is 1. The highest BCUT2D eigenvalue weighted by Crippen LogP contribution is 2.29. The number of anilines is 1. The van der Waals surface area contributed by atoms with E-state index in [0.29, 0.717) is 5.69 Å². The van der Waals surface area contributed by atoms with Gasteiger partial charge in [0.25, 0.3) is 5.91 Å². The molecule has 2 heterocycles. The minimum atomic E-state index is 0.0450. The normalized spacial score (nSPS) is 17.8. The maximum absolute atomic E-state index is 12.2. The Labute approximate surface area is 108 Å². The molecule has 1 aliphatic heterocycles. The summed E-state index contributed by atoms with van der Waals surface area (Å²) in [5, 5.41) is 3.17. The van der Waals surface area contributed by atoms with Gasteiger partial charge in [-0.25, -0.2) is 4.98 Å². The molecule has 4 nitrogen and oxygen atoms in total. The van der Waals surface area contributed by atoms with Gasteiger partial charge in [-0.15, -0.1) is 0 Å². The van der Waals surface area contributed by atoms with Crippen LogP contribution in [-0.4, -0.2) is 35.4 Å². The SMILES string of the molecule is CCNc1ccc(C(=O)N2CCC(C)(C)C2)nc1. The second-order valence-corrected chi connectivity index (χ2v) is 5.60. The number of aromatic nitrogens is 1. The second kappa shape index (κ2) is 4.96. The molecule has 1 aromatic heterocycles. The number of amides is 1. The summed E-state index contributed by atoms with van der Waals surface area (Å²) in [4.78, 5) is 18.4. The zero-order valence-corrected chi connectivity index (χ0v) is 11.4. The molecule has 18 heavy (non-hydrogen) atoms. The maximum Gasteiger partial charge on any atom is 0.272 e. The molecule has 0 atom stereocenters. The number of hydrogen-bond donors (Lipinski definition) is 1. The maximum atomic E-state index is 12.2. The minimum Gasteiger partial charge on any atom is -0.384 e. The molecule has 4 heteroatoms. The Morgan fingerprint density at radius 2 is 2.28 bits per heavy atom. The van der Waals surface area contributed by atoms with Crippen LogP contribution in [0.3, 0.4) is 0 Å². The predicted molar refractivity (Wildman–Crippen MR) is 72.7 cm³/mol. The fourth-order valence-corrected chi connectivity index (χ4v) is 2.28. The average Bonchev–Trinajstić information content (AvgIpc) is 2.70. The van der Waals surface area contributed by atoms with Gasteiger partial charge in [0.15, 0.2) is 0 Å². The van der Waals surface area contributed by atoms with E-state index in [0.717, 1.165) is 31.7 Å². The Morgan fingerprint density at radius 3 is 2.78 bits per heavy atom. The van der Waals surface area contributed by atoms with E-state index in [4.69, 9.17) is 0 Å². The lowest BCUT2D eigenvalue weighted by Crippen LogP contribution is -2.30. The number of carbonyl (C=O) groups excluding carboxylic acids is 1. The summed E-state index contributed by atoms with van der Waals surface area (Å²) < 4.78 is 0. The van der Waals surface area contributed by atoms with E-state index in [1.807, 2.05) is 17.9 Å². The van der Waals surface area contributed by atoms with Gasteiger partial charge in [0.1, 0.15) is 5.69 Å². The number of nitrogens with zero attached hydrogens (tertiary/aromatic N) is 2. The summed E-state index contributed by atoms with van der Waals surface area (Å²) in [6.07, 6.45) is 2.78. The highest BCUT2D eigenvalue weighted by Gasteiger charge is 2.32. The fraction of sp³-hybridized carbons (Fsp3) is 0.571. The van der Waals surface area contributed by atoms with Crippen molar-refractivity contribution in [3.8, 4) is 0 Å². The van der Waals surface area contributed by atoms with E-state index in [-0.39, 0.29) is 11.3 Å². The molecule has 1 saturated heterocycles. The smallest absolute Gasteiger partial charge is 0.272 e. The van der Waals surface area contributed by atoms with Crippen molar-refractivity contribution in [2.45, 2.75) is 27.2 Å². The van der Waals surface area contributed by atoms with Gasteiger partial charge in [-0.3, -0.25) is 4.79 Å². The third kappa shape index (κ3) is 2.81. The molecular formula is C14H21N3O. The van der Waals surface area contributed by atoms with Crippen LogP contribution in [-0.2, 0) is 0 Å². The number of likely N-dealkylation sites (tertiary alicyclic amines) is 1. The first kappa shape index (κ1) is 12.9. The molecule has 98 valence electrons. The Morgan fingerprint density at radius 1 is 1.50 bits per heavy atom. The molecule has 0 radical (unpaired) electrons. The molecule has 1 N–H and O–H groups in total. The standard InChI is InChI=1S/C14H21N3O/c1-4-15-11-5-6-12(16-9-11)13(18)17-8-7-14(2,3)10-17/h5-6,9,15H,4,7-8,10H2,1-3H3. The van der Waals surface area contributed by atoms with Crippen LogP contribution in [0, 0.1) is 5.41 Å². The van der Waals surface area contributed by atoms with Crippen LogP contribution in [0.25, 0.3) is 0 Å². The predicted octanol–water partition coefficient (Wildman–Crippen LogP) is 2.39. The highest BCUT2D eigenvalue weighted by molar-refractivity contribution is 5.92. The van der Waals surface area contributed by atoms with Gasteiger partial charge < -0.3 is 10.2 Å². The number of hydrogen-bond acceptors (Lipinski definition) is 3. The van der Waals surface area contributed by atoms with Crippen molar-refractivity contribution in [1.29, 1.82) is 0 Å². The molecule has 1 amide bonds. The molecule has 2 rings (SSSR count). The molecule has 0 bridgehead atoms. The van der Waals surface area contributed by atoms with Crippen molar-refractivity contribution >= 4 is 11.6 Å². The van der Waals surface area contributed by atoms with Crippen LogP contribution in [0.15, 0.2) is 18.3 Å². The lowest BCUT2D eigenvalue weighted by molar-refractivity contribution is 0.0772. The Balaban J connectivity index is 2.05. The molecule has 0 spiro atoms. The van der Waals surface area contributed by atoms with Crippen molar-refractivity contribution in [2.24, 2.45) is 5.41 Å². The van der Waals surface area contributed by atoms with E-state index in [1.54, 1.807) is 12.3 Å². The van der Waals surface area contributed by atoms with Crippen LogP contribution in [0.1, 0.15) is 37.7 Å². The topological polar surface area (TPSA) is 45.2 Å².